The average Bonchev–Trinajstić information content (AvgIpc) is 3.13. The zero-order chi connectivity index (χ0) is 17.3. The molecule has 2 aliphatic heterocycles. The molecule has 138 valence electrons. The SMILES string of the molecule is CC1(CN)CCN(CC(=O)Nc2cc3c(cc2[N+](=O)[O-])OCO3)C1.Cl. The maximum atomic E-state index is 12.3. The van der Waals surface area contributed by atoms with E-state index >= 15 is 0 Å². The van der Waals surface area contributed by atoms with Crippen LogP contribution in [-0.2, 0) is 4.79 Å². The van der Waals surface area contributed by atoms with Gasteiger partial charge in [0.1, 0.15) is 5.69 Å². The van der Waals surface area contributed by atoms with Crippen molar-refractivity contribution in [3.8, 4) is 11.5 Å². The number of hydrogen-bond donors (Lipinski definition) is 2. The quantitative estimate of drug-likeness (QED) is 0.591. The van der Waals surface area contributed by atoms with Gasteiger partial charge in [-0.15, -0.1) is 12.4 Å². The first kappa shape index (κ1) is 19.2. The summed E-state index contributed by atoms with van der Waals surface area (Å²) in [6.45, 7) is 4.35. The Balaban J connectivity index is 0.00000225. The molecule has 0 spiro atoms. The number of fused-ring (bicyclic) bond motifs is 1. The van der Waals surface area contributed by atoms with Crippen LogP contribution in [0.1, 0.15) is 13.3 Å². The number of benzene rings is 1. The van der Waals surface area contributed by atoms with E-state index in [1.807, 2.05) is 4.90 Å². The number of rotatable bonds is 5. The van der Waals surface area contributed by atoms with Gasteiger partial charge in [-0.2, -0.15) is 0 Å². The number of carbonyl (C=O) groups is 1. The zero-order valence-electron chi connectivity index (χ0n) is 13.8. The van der Waals surface area contributed by atoms with Crippen LogP contribution in [0.3, 0.4) is 0 Å². The van der Waals surface area contributed by atoms with Gasteiger partial charge in [-0.25, -0.2) is 0 Å². The lowest BCUT2D eigenvalue weighted by Gasteiger charge is -2.22. The van der Waals surface area contributed by atoms with Gasteiger partial charge < -0.3 is 20.5 Å². The second kappa shape index (κ2) is 7.42. The number of amides is 1. The molecule has 0 aromatic heterocycles. The molecule has 0 bridgehead atoms. The van der Waals surface area contributed by atoms with Crippen molar-refractivity contribution < 1.29 is 19.2 Å². The fraction of sp³-hybridized carbons (Fsp3) is 0.533. The summed E-state index contributed by atoms with van der Waals surface area (Å²) in [7, 11) is 0. The Morgan fingerprint density at radius 2 is 2.12 bits per heavy atom. The van der Waals surface area contributed by atoms with Gasteiger partial charge in [-0.1, -0.05) is 6.92 Å². The van der Waals surface area contributed by atoms with E-state index in [4.69, 9.17) is 15.2 Å². The lowest BCUT2D eigenvalue weighted by atomic mass is 9.90. The first-order valence-corrected chi connectivity index (χ1v) is 7.70. The Hall–Kier alpha value is -2.10. The highest BCUT2D eigenvalue weighted by Crippen LogP contribution is 2.40. The maximum absolute atomic E-state index is 12.3. The molecule has 9 nitrogen and oxygen atoms in total. The number of halogens is 1. The van der Waals surface area contributed by atoms with E-state index in [1.165, 1.54) is 12.1 Å². The van der Waals surface area contributed by atoms with Crippen LogP contribution in [0.4, 0.5) is 11.4 Å². The standard InChI is InChI=1S/C15H20N4O5.ClH/c1-15(7-16)2-3-18(8-15)6-14(20)17-10-4-12-13(24-9-23-12)5-11(10)19(21)22;/h4-5H,2-3,6-9,16H2,1H3,(H,17,20);1H. The molecule has 10 heteroatoms. The first-order valence-electron chi connectivity index (χ1n) is 7.70. The van der Waals surface area contributed by atoms with Crippen molar-refractivity contribution in [2.24, 2.45) is 11.1 Å². The van der Waals surface area contributed by atoms with Crippen LogP contribution in [0.15, 0.2) is 12.1 Å². The second-order valence-electron chi connectivity index (χ2n) is 6.50. The number of carbonyl (C=O) groups excluding carboxylic acids is 1. The third-order valence-electron chi connectivity index (χ3n) is 4.46. The van der Waals surface area contributed by atoms with E-state index in [0.29, 0.717) is 18.0 Å². The molecule has 0 aliphatic carbocycles. The largest absolute Gasteiger partial charge is 0.454 e. The number of hydrogen-bond acceptors (Lipinski definition) is 7. The van der Waals surface area contributed by atoms with Crippen LogP contribution in [-0.4, -0.2) is 48.7 Å². The minimum Gasteiger partial charge on any atom is -0.454 e. The normalized spacial score (nSPS) is 21.7. The van der Waals surface area contributed by atoms with E-state index in [9.17, 15) is 14.9 Å². The molecule has 1 aromatic rings. The van der Waals surface area contributed by atoms with Gasteiger partial charge in [0.15, 0.2) is 11.5 Å². The molecule has 2 heterocycles. The highest BCUT2D eigenvalue weighted by molar-refractivity contribution is 5.95. The van der Waals surface area contributed by atoms with E-state index in [-0.39, 0.29) is 48.4 Å². The van der Waals surface area contributed by atoms with Gasteiger partial charge in [0.25, 0.3) is 5.69 Å². The van der Waals surface area contributed by atoms with Crippen molar-refractivity contribution in [3.63, 3.8) is 0 Å². The number of nitro benzene ring substituents is 1. The summed E-state index contributed by atoms with van der Waals surface area (Å²) in [4.78, 5) is 24.9. The summed E-state index contributed by atoms with van der Waals surface area (Å²) in [5, 5.41) is 13.8. The predicted molar refractivity (Wildman–Crippen MR) is 93.3 cm³/mol. The summed E-state index contributed by atoms with van der Waals surface area (Å²) in [6.07, 6.45) is 0.931. The molecule has 0 saturated carbocycles. The van der Waals surface area contributed by atoms with Crippen molar-refractivity contribution in [3.05, 3.63) is 22.2 Å². The van der Waals surface area contributed by atoms with E-state index in [1.54, 1.807) is 0 Å². The van der Waals surface area contributed by atoms with Crippen LogP contribution in [0, 0.1) is 15.5 Å². The Labute approximate surface area is 151 Å². The molecular formula is C15H21ClN4O5. The lowest BCUT2D eigenvalue weighted by Crippen LogP contribution is -2.35. The first-order chi connectivity index (χ1) is 11.4. The van der Waals surface area contributed by atoms with Crippen LogP contribution in [0.5, 0.6) is 11.5 Å². The van der Waals surface area contributed by atoms with Crippen LogP contribution in [0.25, 0.3) is 0 Å². The second-order valence-corrected chi connectivity index (χ2v) is 6.50. The number of nitrogens with one attached hydrogen (secondary N) is 1. The summed E-state index contributed by atoms with van der Waals surface area (Å²) in [5.74, 6) is 0.379. The Kier molecular flexibility index (Phi) is 5.71. The van der Waals surface area contributed by atoms with Gasteiger partial charge in [-0.05, 0) is 24.9 Å². The third-order valence-corrected chi connectivity index (χ3v) is 4.46. The lowest BCUT2D eigenvalue weighted by molar-refractivity contribution is -0.384. The van der Waals surface area contributed by atoms with Gasteiger partial charge >= 0.3 is 0 Å². The van der Waals surface area contributed by atoms with Gasteiger partial charge in [-0.3, -0.25) is 19.8 Å². The maximum Gasteiger partial charge on any atom is 0.296 e. The molecule has 1 unspecified atom stereocenters. The van der Waals surface area contributed by atoms with Gasteiger partial charge in [0, 0.05) is 12.6 Å². The molecule has 1 saturated heterocycles. The molecule has 25 heavy (non-hydrogen) atoms. The summed E-state index contributed by atoms with van der Waals surface area (Å²) in [5.41, 5.74) is 5.67. The summed E-state index contributed by atoms with van der Waals surface area (Å²) < 4.78 is 10.3. The van der Waals surface area contributed by atoms with Gasteiger partial charge in [0.05, 0.1) is 17.5 Å². The molecular weight excluding hydrogens is 352 g/mol. The fourth-order valence-electron chi connectivity index (χ4n) is 3.00. The van der Waals surface area contributed by atoms with Crippen molar-refractivity contribution in [1.82, 2.24) is 4.90 Å². The molecule has 3 N–H and O–H groups in total. The molecule has 1 amide bonds. The highest BCUT2D eigenvalue weighted by Gasteiger charge is 2.33. The predicted octanol–water partition coefficient (Wildman–Crippen LogP) is 1.35. The van der Waals surface area contributed by atoms with E-state index < -0.39 is 4.92 Å². The molecule has 0 radical (unpaired) electrons. The van der Waals surface area contributed by atoms with Crippen molar-refractivity contribution in [1.29, 1.82) is 0 Å². The third kappa shape index (κ3) is 4.12. The van der Waals surface area contributed by atoms with Crippen LogP contribution in [0.2, 0.25) is 0 Å². The Morgan fingerprint density at radius 1 is 1.44 bits per heavy atom. The number of ether oxygens (including phenoxy) is 2. The number of nitro groups is 1. The Bertz CT molecular complexity index is 686. The van der Waals surface area contributed by atoms with E-state index in [2.05, 4.69) is 12.2 Å². The number of nitrogens with zero attached hydrogens (tertiary/aromatic N) is 2. The average molecular weight is 373 g/mol. The van der Waals surface area contributed by atoms with Crippen molar-refractivity contribution in [2.45, 2.75) is 13.3 Å². The van der Waals surface area contributed by atoms with E-state index in [0.717, 1.165) is 19.5 Å². The zero-order valence-corrected chi connectivity index (χ0v) is 14.6. The summed E-state index contributed by atoms with van der Waals surface area (Å²) >= 11 is 0. The molecule has 2 aliphatic rings. The van der Waals surface area contributed by atoms with Crippen molar-refractivity contribution >= 4 is 29.7 Å². The smallest absolute Gasteiger partial charge is 0.296 e. The van der Waals surface area contributed by atoms with Gasteiger partial charge in [0.2, 0.25) is 12.7 Å². The highest BCUT2D eigenvalue weighted by atomic mass is 35.5. The minimum atomic E-state index is -0.557. The minimum absolute atomic E-state index is 0. The molecule has 1 atom stereocenters. The number of likely N-dealkylation sites (tertiary alicyclic amines) is 1. The molecule has 1 aromatic carbocycles. The van der Waals surface area contributed by atoms with Crippen LogP contribution >= 0.6 is 12.4 Å². The fourth-order valence-corrected chi connectivity index (χ4v) is 3.00. The topological polar surface area (TPSA) is 120 Å². The van der Waals surface area contributed by atoms with Crippen LogP contribution < -0.4 is 20.5 Å². The summed E-state index contributed by atoms with van der Waals surface area (Å²) in [6, 6.07) is 2.69. The molecule has 3 rings (SSSR count). The monoisotopic (exact) mass is 372 g/mol. The Morgan fingerprint density at radius 3 is 2.72 bits per heavy atom. The number of nitrogens with two attached hydrogens (primary N) is 1. The molecule has 1 fully saturated rings. The number of anilines is 1. The van der Waals surface area contributed by atoms with Crippen molar-refractivity contribution in [2.75, 3.05) is 38.3 Å².